The molecule has 662 valence electrons. The second kappa shape index (κ2) is 33.9. The van der Waals surface area contributed by atoms with Crippen molar-refractivity contribution in [2.45, 2.75) is 58.5 Å². The van der Waals surface area contributed by atoms with Crippen LogP contribution in [0.5, 0.6) is 23.0 Å². The zero-order valence-electron chi connectivity index (χ0n) is 78.3. The molecular weight excluding hydrogens is 1710 g/mol. The van der Waals surface area contributed by atoms with E-state index in [0.29, 0.717) is 5.69 Å². The van der Waals surface area contributed by atoms with Crippen LogP contribution in [-0.2, 0) is 5.41 Å². The van der Waals surface area contributed by atoms with Crippen molar-refractivity contribution in [1.29, 1.82) is 0 Å². The molecule has 0 amide bonds. The molecule has 3 aliphatic rings. The molecule has 0 saturated carbocycles. The number of anilines is 12. The molecule has 22 aromatic carbocycles. The fourth-order valence-corrected chi connectivity index (χ4v) is 23.9. The lowest BCUT2D eigenvalue weighted by Crippen LogP contribution is -2.37. The highest BCUT2D eigenvalue weighted by molar-refractivity contribution is 6.89. The topological polar surface area (TPSA) is 31.4 Å². The number of benzene rings is 22. The third-order valence-electron chi connectivity index (χ3n) is 28.4. The number of hydrogen-bond donors (Lipinski definition) is 0. The van der Waals surface area contributed by atoms with Gasteiger partial charge in [0, 0.05) is 107 Å². The monoisotopic (exact) mass is 1810 g/mol. The first-order chi connectivity index (χ1) is 67.4. The Morgan fingerprint density at radius 3 is 1.04 bits per heavy atom. The summed E-state index contributed by atoms with van der Waals surface area (Å²) >= 11 is 0. The fraction of sp³-hybridized carbons (Fsp3) is 0.0698. The average Bonchev–Trinajstić information content (AvgIpc) is 1.41. The van der Waals surface area contributed by atoms with Crippen LogP contribution in [0.3, 0.4) is 0 Å². The van der Waals surface area contributed by atoms with E-state index in [0.717, 1.165) is 162 Å². The molecule has 0 unspecified atom stereocenters. The summed E-state index contributed by atoms with van der Waals surface area (Å²) in [4.78, 5) is 9.28. The van der Waals surface area contributed by atoms with Crippen LogP contribution in [0.1, 0.15) is 25.0 Å². The van der Waals surface area contributed by atoms with E-state index in [2.05, 4.69) is 455 Å². The Labute approximate surface area is 807 Å². The molecular formula is C129H99FN4O2Si2. The van der Waals surface area contributed by atoms with E-state index in [9.17, 15) is 0 Å². The molecule has 0 bridgehead atoms. The van der Waals surface area contributed by atoms with E-state index in [1.807, 2.05) is 66.7 Å². The average molecular weight is 1810 g/mol. The van der Waals surface area contributed by atoms with Crippen LogP contribution in [0.25, 0.3) is 131 Å². The molecule has 138 heavy (non-hydrogen) atoms. The molecule has 0 fully saturated rings. The highest BCUT2D eigenvalue weighted by Gasteiger charge is 2.38. The van der Waals surface area contributed by atoms with Crippen LogP contribution in [0.15, 0.2) is 455 Å². The summed E-state index contributed by atoms with van der Waals surface area (Å²) < 4.78 is 31.7. The number of halogens is 1. The molecule has 22 aromatic rings. The molecule has 0 N–H and O–H groups in total. The van der Waals surface area contributed by atoms with Gasteiger partial charge in [-0.2, -0.15) is 0 Å². The summed E-state index contributed by atoms with van der Waals surface area (Å²) in [6.07, 6.45) is 0. The second-order valence-electron chi connectivity index (χ2n) is 39.2. The first kappa shape index (κ1) is 84.6. The normalized spacial score (nSPS) is 12.6. The van der Waals surface area contributed by atoms with E-state index in [4.69, 9.17) is 9.47 Å². The van der Waals surface area contributed by atoms with Gasteiger partial charge < -0.3 is 29.1 Å². The molecule has 1 aliphatic carbocycles. The predicted octanol–water partition coefficient (Wildman–Crippen LogP) is 36.3. The Kier molecular flexibility index (Phi) is 20.8. The van der Waals surface area contributed by atoms with Gasteiger partial charge >= 0.3 is 0 Å². The van der Waals surface area contributed by atoms with Crippen molar-refractivity contribution in [2.24, 2.45) is 0 Å². The highest BCUT2D eigenvalue weighted by Crippen LogP contribution is 2.59. The maximum Gasteiger partial charge on any atom is 0.148 e. The third kappa shape index (κ3) is 14.7. The molecule has 0 saturated heterocycles. The Morgan fingerprint density at radius 2 is 0.565 bits per heavy atom. The van der Waals surface area contributed by atoms with Gasteiger partial charge in [0.1, 0.15) is 28.8 Å². The summed E-state index contributed by atoms with van der Waals surface area (Å²) in [6.45, 7) is 19.1. The van der Waals surface area contributed by atoms with Crippen LogP contribution in [0.2, 0.25) is 39.3 Å². The molecule has 0 spiro atoms. The van der Waals surface area contributed by atoms with Gasteiger partial charge in [0.05, 0.1) is 38.9 Å². The first-order valence-corrected chi connectivity index (χ1v) is 54.8. The first-order valence-electron chi connectivity index (χ1n) is 47.8. The summed E-state index contributed by atoms with van der Waals surface area (Å²) in [5, 5.41) is 16.3. The van der Waals surface area contributed by atoms with Crippen LogP contribution in [0, 0.1) is 5.82 Å². The Balaban J connectivity index is 0.000000150. The lowest BCUT2D eigenvalue weighted by molar-refractivity contribution is 0.487. The molecule has 9 heteroatoms. The van der Waals surface area contributed by atoms with Gasteiger partial charge in [0.25, 0.3) is 0 Å². The van der Waals surface area contributed by atoms with E-state index in [1.54, 1.807) is 6.07 Å². The minimum Gasteiger partial charge on any atom is -0.456 e. The summed E-state index contributed by atoms with van der Waals surface area (Å²) in [5.74, 6) is 3.02. The van der Waals surface area contributed by atoms with Crippen LogP contribution in [0.4, 0.5) is 72.6 Å². The van der Waals surface area contributed by atoms with E-state index < -0.39 is 16.1 Å². The van der Waals surface area contributed by atoms with E-state index >= 15 is 4.39 Å². The smallest absolute Gasteiger partial charge is 0.148 e. The SMILES string of the molecule is CC1(C)c2ccccc2-c2ccc(N(c3ccccc3-c3ccccc3)c3cc4c5cccc6c5c(cc4c4ccccc34)-c3ccc(N(c4ccccc4)c4ccc([Si](C)(C)C)cc4)cc3O6)cc21.C[Si](C)(C)c1ccc(N(c2ccccc2)c2ccc3c(c2)Oc2cccc4c2c-3cc2c3ccccc3c(N(c3ccccc3)c3c(F)cc(-c5ccccc5)cc3-c3ccccc3)cc42)cc1. The predicted molar refractivity (Wildman–Crippen MR) is 587 cm³/mol. The van der Waals surface area contributed by atoms with Crippen LogP contribution < -0.4 is 39.4 Å². The number of rotatable bonds is 17. The number of para-hydroxylation sites is 4. The van der Waals surface area contributed by atoms with Crippen molar-refractivity contribution < 1.29 is 13.9 Å². The van der Waals surface area contributed by atoms with Crippen molar-refractivity contribution in [3.8, 4) is 89.8 Å². The molecule has 2 heterocycles. The van der Waals surface area contributed by atoms with Gasteiger partial charge in [-0.3, -0.25) is 0 Å². The molecule has 25 rings (SSSR count). The van der Waals surface area contributed by atoms with Gasteiger partial charge in [0.2, 0.25) is 0 Å². The number of fused-ring (bicyclic) bond motifs is 15. The largest absolute Gasteiger partial charge is 0.456 e. The zero-order chi connectivity index (χ0) is 93.2. The fourth-order valence-electron chi connectivity index (χ4n) is 21.6. The van der Waals surface area contributed by atoms with Crippen molar-refractivity contribution in [3.05, 3.63) is 472 Å². The number of ether oxygens (including phenoxy) is 2. The Morgan fingerprint density at radius 1 is 0.210 bits per heavy atom. The lowest BCUT2D eigenvalue weighted by atomic mass is 9.82. The highest BCUT2D eigenvalue weighted by atomic mass is 28.3. The minimum atomic E-state index is -1.49. The Hall–Kier alpha value is -16.4. The van der Waals surface area contributed by atoms with Crippen molar-refractivity contribution in [2.75, 3.05) is 19.6 Å². The van der Waals surface area contributed by atoms with E-state index in [-0.39, 0.29) is 11.2 Å². The van der Waals surface area contributed by atoms with Gasteiger partial charge in [-0.15, -0.1) is 0 Å². The number of hydrogen-bond acceptors (Lipinski definition) is 6. The van der Waals surface area contributed by atoms with Crippen LogP contribution in [-0.4, -0.2) is 16.1 Å². The number of nitrogens with zero attached hydrogens (tertiary/aromatic N) is 4. The second-order valence-corrected chi connectivity index (χ2v) is 49.3. The standard InChI is InChI=1S/C66H52N2OSi.C63H47FN2OSi/c1-66(2)59-28-16-14-25-51(59)52-37-33-46(39-60(52)66)68(61-29-17-15-23-49(61)43-19-8-6-9-20-43)62-42-57-55-27-18-30-63-65(55)58(41-56(57)50-24-12-13-26-53(50)62)54-38-34-47(40-64(54)69-63)67(44-21-10-7-11-22-44)45-31-35-48(36-32-45)70(3,4)5;1-68(2,3)49-34-31-47(32-35-49)65(45-23-12-6-13-24-45)48-33-36-52-57-40-55-50-27-16-17-28-51(50)59(41-56(55)53-29-18-30-60(62(53)57)67-61(52)39-48)66(46-25-14-7-15-26-46)63-54(43-21-10-5-11-22-43)37-44(38-58(63)64)42-19-8-4-9-20-42/h6-42H,1-5H3;4-41H,1-3H3. The lowest BCUT2D eigenvalue weighted by Gasteiger charge is -2.31. The molecule has 0 atom stereocenters. The molecule has 2 aliphatic heterocycles. The maximum atomic E-state index is 17.6. The molecule has 0 radical (unpaired) electrons. The summed E-state index contributed by atoms with van der Waals surface area (Å²) in [6, 6.07) is 163. The third-order valence-corrected chi connectivity index (χ3v) is 32.5. The van der Waals surface area contributed by atoms with E-state index in [1.165, 1.54) is 76.2 Å². The molecule has 6 nitrogen and oxygen atoms in total. The van der Waals surface area contributed by atoms with Gasteiger partial charge in [0.15, 0.2) is 0 Å². The Bertz CT molecular complexity index is 8560. The van der Waals surface area contributed by atoms with Crippen molar-refractivity contribution in [1.82, 2.24) is 0 Å². The van der Waals surface area contributed by atoms with Gasteiger partial charge in [-0.25, -0.2) is 4.39 Å². The van der Waals surface area contributed by atoms with Crippen molar-refractivity contribution in [3.63, 3.8) is 0 Å². The summed E-state index contributed by atoms with van der Waals surface area (Å²) in [5.41, 5.74) is 27.5. The quantitative estimate of drug-likeness (QED) is 0.0667. The van der Waals surface area contributed by atoms with Gasteiger partial charge in [-0.1, -0.05) is 355 Å². The van der Waals surface area contributed by atoms with Crippen molar-refractivity contribution >= 4 is 159 Å². The maximum absolute atomic E-state index is 17.6. The molecule has 0 aromatic heterocycles. The summed E-state index contributed by atoms with van der Waals surface area (Å²) in [7, 11) is -2.97. The zero-order valence-corrected chi connectivity index (χ0v) is 80.3. The van der Waals surface area contributed by atoms with Crippen LogP contribution >= 0.6 is 0 Å². The minimum absolute atomic E-state index is 0.162. The van der Waals surface area contributed by atoms with Gasteiger partial charge in [-0.05, 0) is 250 Å².